The maximum Gasteiger partial charge on any atom is 0.276 e. The largest absolute Gasteiger partial charge is 0.497 e. The Balaban J connectivity index is 1.41. The van der Waals surface area contributed by atoms with Crippen LogP contribution in [0.3, 0.4) is 0 Å². The summed E-state index contributed by atoms with van der Waals surface area (Å²) in [6.45, 7) is 2.83. The van der Waals surface area contributed by atoms with Crippen molar-refractivity contribution < 1.29 is 9.53 Å². The molecule has 3 fully saturated rings. The molecule has 5 rings (SSSR count). The molecule has 0 spiro atoms. The summed E-state index contributed by atoms with van der Waals surface area (Å²) in [6, 6.07) is 9.50. The minimum atomic E-state index is 0.0119. The molecule has 2 bridgehead atoms. The number of piperidine rings is 3. The van der Waals surface area contributed by atoms with Crippen molar-refractivity contribution in [3.8, 4) is 5.75 Å². The summed E-state index contributed by atoms with van der Waals surface area (Å²) in [7, 11) is 1.72. The Morgan fingerprint density at radius 3 is 3.00 bits per heavy atom. The first-order valence-electron chi connectivity index (χ1n) is 10.8. The topological polar surface area (TPSA) is 74.3 Å². The van der Waals surface area contributed by atoms with E-state index in [0.29, 0.717) is 29.6 Å². The minimum Gasteiger partial charge on any atom is -0.497 e. The predicted octanol–water partition coefficient (Wildman–Crippen LogP) is 2.37. The Labute approximate surface area is 171 Å². The number of methoxy groups -OCH3 is 1. The van der Waals surface area contributed by atoms with Crippen LogP contribution in [0.2, 0.25) is 0 Å². The van der Waals surface area contributed by atoms with Crippen molar-refractivity contribution in [3.05, 3.63) is 41.7 Å². The first kappa shape index (κ1) is 18.6. The molecule has 4 heterocycles. The van der Waals surface area contributed by atoms with E-state index >= 15 is 0 Å². The van der Waals surface area contributed by atoms with Crippen LogP contribution in [0.25, 0.3) is 0 Å². The van der Waals surface area contributed by atoms with Gasteiger partial charge in [0.2, 0.25) is 0 Å². The van der Waals surface area contributed by atoms with Crippen LogP contribution in [-0.2, 0) is 6.42 Å². The molecule has 29 heavy (non-hydrogen) atoms. The van der Waals surface area contributed by atoms with E-state index < -0.39 is 0 Å². The molecule has 2 aromatic rings. The maximum atomic E-state index is 13.0. The lowest BCUT2D eigenvalue weighted by atomic mass is 9.71. The molecule has 4 atom stereocenters. The van der Waals surface area contributed by atoms with Crippen LogP contribution >= 0.6 is 0 Å². The maximum absolute atomic E-state index is 13.0. The van der Waals surface area contributed by atoms with E-state index in [4.69, 9.17) is 4.74 Å². The summed E-state index contributed by atoms with van der Waals surface area (Å²) in [5, 5.41) is 10.4. The second-order valence-electron chi connectivity index (χ2n) is 8.75. The Bertz CT molecular complexity index is 855. The molecule has 7 nitrogen and oxygen atoms in total. The summed E-state index contributed by atoms with van der Waals surface area (Å²) in [5.41, 5.74) is 1.74. The summed E-state index contributed by atoms with van der Waals surface area (Å²) in [6.07, 6.45) is 7.60. The Morgan fingerprint density at radius 1 is 1.28 bits per heavy atom. The highest BCUT2D eigenvalue weighted by Gasteiger charge is 2.48. The van der Waals surface area contributed by atoms with Crippen LogP contribution in [0, 0.1) is 11.8 Å². The molecular weight excluding hydrogens is 366 g/mol. The fraction of sp³-hybridized carbons (Fsp3) is 0.591. The Morgan fingerprint density at radius 2 is 2.17 bits per heavy atom. The second kappa shape index (κ2) is 7.78. The summed E-state index contributed by atoms with van der Waals surface area (Å²) in [4.78, 5) is 17.8. The van der Waals surface area contributed by atoms with Crippen LogP contribution in [0.4, 0.5) is 0 Å². The lowest BCUT2D eigenvalue weighted by Gasteiger charge is -2.57. The zero-order valence-corrected chi connectivity index (χ0v) is 17.0. The van der Waals surface area contributed by atoms with Crippen molar-refractivity contribution in [3.63, 3.8) is 0 Å². The number of aromatic nitrogens is 3. The van der Waals surface area contributed by atoms with E-state index in [1.807, 2.05) is 11.0 Å². The molecule has 3 aliphatic rings. The highest BCUT2D eigenvalue weighted by Crippen LogP contribution is 2.42. The average Bonchev–Trinajstić information content (AvgIpc) is 3.31. The fourth-order valence-electron chi connectivity index (χ4n) is 5.86. The Kier molecular flexibility index (Phi) is 4.99. The van der Waals surface area contributed by atoms with E-state index in [0.717, 1.165) is 25.3 Å². The first-order chi connectivity index (χ1) is 14.2. The van der Waals surface area contributed by atoms with Crippen LogP contribution in [0.5, 0.6) is 5.75 Å². The molecule has 7 heteroatoms. The van der Waals surface area contributed by atoms with Crippen LogP contribution in [-0.4, -0.2) is 69.9 Å². The van der Waals surface area contributed by atoms with Gasteiger partial charge >= 0.3 is 0 Å². The fourth-order valence-corrected chi connectivity index (χ4v) is 5.86. The van der Waals surface area contributed by atoms with E-state index in [9.17, 15) is 4.79 Å². The Hall–Kier alpha value is -2.41. The van der Waals surface area contributed by atoms with Gasteiger partial charge in [-0.2, -0.15) is 15.4 Å². The number of aromatic amines is 1. The van der Waals surface area contributed by atoms with Gasteiger partial charge < -0.3 is 9.64 Å². The SMILES string of the molecule is COc1cccc(C[C@H]2[C@H]3C[C@H](CN(C(=O)c4cn[nH]n4)C3)[C@@H]3CCCCN32)c1. The third-order valence-electron chi connectivity index (χ3n) is 7.12. The van der Waals surface area contributed by atoms with E-state index in [1.54, 1.807) is 7.11 Å². The summed E-state index contributed by atoms with van der Waals surface area (Å²) >= 11 is 0. The zero-order chi connectivity index (χ0) is 19.8. The number of nitrogens with one attached hydrogen (secondary N) is 1. The number of rotatable bonds is 4. The van der Waals surface area contributed by atoms with Crippen LogP contribution in [0.1, 0.15) is 41.7 Å². The number of likely N-dealkylation sites (tertiary alicyclic amines) is 1. The van der Waals surface area contributed by atoms with E-state index in [1.165, 1.54) is 44.0 Å². The van der Waals surface area contributed by atoms with E-state index in [-0.39, 0.29) is 5.91 Å². The molecule has 1 amide bonds. The molecule has 3 saturated heterocycles. The van der Waals surface area contributed by atoms with Gasteiger partial charge in [0.05, 0.1) is 13.3 Å². The predicted molar refractivity (Wildman–Crippen MR) is 109 cm³/mol. The number of ether oxygens (including phenoxy) is 1. The van der Waals surface area contributed by atoms with Gasteiger partial charge in [-0.25, -0.2) is 0 Å². The number of hydrogen-bond acceptors (Lipinski definition) is 5. The van der Waals surface area contributed by atoms with Crippen LogP contribution < -0.4 is 4.74 Å². The number of benzene rings is 1. The van der Waals surface area contributed by atoms with Gasteiger partial charge in [0, 0.05) is 25.2 Å². The van der Waals surface area contributed by atoms with Gasteiger partial charge in [-0.15, -0.1) is 0 Å². The third kappa shape index (κ3) is 3.52. The first-order valence-corrected chi connectivity index (χ1v) is 10.8. The number of hydrogen-bond donors (Lipinski definition) is 1. The molecule has 1 aromatic carbocycles. The normalized spacial score (nSPS) is 29.3. The van der Waals surface area contributed by atoms with Gasteiger partial charge in [-0.1, -0.05) is 18.6 Å². The van der Waals surface area contributed by atoms with Gasteiger partial charge in [0.1, 0.15) is 5.75 Å². The molecule has 3 aliphatic heterocycles. The van der Waals surface area contributed by atoms with Gasteiger partial charge in [0.25, 0.3) is 5.91 Å². The molecule has 154 valence electrons. The van der Waals surface area contributed by atoms with Gasteiger partial charge in [-0.05, 0) is 61.8 Å². The second-order valence-corrected chi connectivity index (χ2v) is 8.75. The van der Waals surface area contributed by atoms with Crippen LogP contribution in [0.15, 0.2) is 30.5 Å². The molecular formula is C22H29N5O2. The minimum absolute atomic E-state index is 0.0119. The number of amides is 1. The van der Waals surface area contributed by atoms with E-state index in [2.05, 4.69) is 38.5 Å². The molecule has 0 saturated carbocycles. The van der Waals surface area contributed by atoms with Crippen molar-refractivity contribution in [2.75, 3.05) is 26.7 Å². The van der Waals surface area contributed by atoms with Gasteiger partial charge in [0.15, 0.2) is 5.69 Å². The lowest BCUT2D eigenvalue weighted by molar-refractivity contribution is -0.0643. The number of nitrogens with zero attached hydrogens (tertiary/aromatic N) is 4. The molecule has 1 aromatic heterocycles. The number of H-pyrrole nitrogens is 1. The van der Waals surface area contributed by atoms with Crippen molar-refractivity contribution >= 4 is 5.91 Å². The molecule has 1 N–H and O–H groups in total. The quantitative estimate of drug-likeness (QED) is 0.860. The standard InChI is InChI=1S/C22H29N5O2/c1-29-18-6-4-5-15(9-18)10-21-17-11-16(20-7-2-3-8-27(20)21)13-26(14-17)22(28)19-12-23-25-24-19/h4-6,9,12,16-17,20-21H,2-3,7-8,10-11,13-14H2,1H3,(H,23,24,25)/t16-,17+,20+,21+/m1/s1. The molecule has 0 unspecified atom stereocenters. The van der Waals surface area contributed by atoms with Crippen molar-refractivity contribution in [1.29, 1.82) is 0 Å². The number of carbonyl (C=O) groups excluding carboxylic acids is 1. The van der Waals surface area contributed by atoms with Crippen molar-refractivity contribution in [1.82, 2.24) is 25.2 Å². The molecule has 0 radical (unpaired) electrons. The number of fused-ring (bicyclic) bond motifs is 4. The summed E-state index contributed by atoms with van der Waals surface area (Å²) < 4.78 is 5.44. The lowest BCUT2D eigenvalue weighted by Crippen LogP contribution is -2.64. The third-order valence-corrected chi connectivity index (χ3v) is 7.12. The smallest absolute Gasteiger partial charge is 0.276 e. The highest BCUT2D eigenvalue weighted by atomic mass is 16.5. The highest BCUT2D eigenvalue weighted by molar-refractivity contribution is 5.92. The zero-order valence-electron chi connectivity index (χ0n) is 17.0. The van der Waals surface area contributed by atoms with Gasteiger partial charge in [-0.3, -0.25) is 9.69 Å². The molecule has 0 aliphatic carbocycles. The van der Waals surface area contributed by atoms with Crippen molar-refractivity contribution in [2.24, 2.45) is 11.8 Å². The number of carbonyl (C=O) groups is 1. The summed E-state index contributed by atoms with van der Waals surface area (Å²) in [5.74, 6) is 1.98. The monoisotopic (exact) mass is 395 g/mol. The average molecular weight is 396 g/mol. The van der Waals surface area contributed by atoms with Crippen molar-refractivity contribution in [2.45, 2.75) is 44.2 Å².